The van der Waals surface area contributed by atoms with Gasteiger partial charge >= 0.3 is 0 Å². The molecule has 0 bridgehead atoms. The van der Waals surface area contributed by atoms with Crippen molar-refractivity contribution >= 4 is 5.69 Å². The number of methoxy groups -OCH3 is 1. The Kier molecular flexibility index (Phi) is 4.41. The fraction of sp³-hybridized carbons (Fsp3) is 0.333. The van der Waals surface area contributed by atoms with Gasteiger partial charge in [-0.1, -0.05) is 30.3 Å². The molecule has 1 fully saturated rings. The highest BCUT2D eigenvalue weighted by atomic mass is 16.5. The van der Waals surface area contributed by atoms with E-state index in [1.165, 1.54) is 12.8 Å². The van der Waals surface area contributed by atoms with Gasteiger partial charge in [-0.15, -0.1) is 0 Å². The van der Waals surface area contributed by atoms with Crippen LogP contribution in [0.25, 0.3) is 0 Å². The smallest absolute Gasteiger partial charge is 0.150 e. The summed E-state index contributed by atoms with van der Waals surface area (Å²) in [5.74, 6) is 2.42. The van der Waals surface area contributed by atoms with Crippen LogP contribution < -0.4 is 10.1 Å². The minimum Gasteiger partial charge on any atom is -0.455 e. The molecule has 0 aliphatic heterocycles. The molecule has 21 heavy (non-hydrogen) atoms. The largest absolute Gasteiger partial charge is 0.455 e. The first-order chi connectivity index (χ1) is 10.4. The SMILES string of the molecule is COCC(Nc1ccccc1Oc1ccccc1)C1CC1. The van der Waals surface area contributed by atoms with Gasteiger partial charge in [0.1, 0.15) is 5.75 Å². The van der Waals surface area contributed by atoms with Crippen molar-refractivity contribution in [3.8, 4) is 11.5 Å². The number of para-hydroxylation sites is 3. The lowest BCUT2D eigenvalue weighted by atomic mass is 10.1. The number of anilines is 1. The van der Waals surface area contributed by atoms with Crippen LogP contribution in [0.15, 0.2) is 54.6 Å². The van der Waals surface area contributed by atoms with E-state index in [0.717, 1.165) is 29.7 Å². The standard InChI is InChI=1S/C18H21NO2/c1-20-13-17(14-11-12-14)19-16-9-5-6-10-18(16)21-15-7-3-2-4-8-15/h2-10,14,17,19H,11-13H2,1H3. The summed E-state index contributed by atoms with van der Waals surface area (Å²) in [4.78, 5) is 0. The molecule has 2 aromatic rings. The minimum atomic E-state index is 0.357. The predicted molar refractivity (Wildman–Crippen MR) is 85.0 cm³/mol. The monoisotopic (exact) mass is 283 g/mol. The van der Waals surface area contributed by atoms with Crippen molar-refractivity contribution in [1.29, 1.82) is 0 Å². The summed E-state index contributed by atoms with van der Waals surface area (Å²) in [5, 5.41) is 3.58. The quantitative estimate of drug-likeness (QED) is 0.821. The maximum absolute atomic E-state index is 5.99. The molecule has 0 radical (unpaired) electrons. The van der Waals surface area contributed by atoms with E-state index >= 15 is 0 Å². The minimum absolute atomic E-state index is 0.357. The molecule has 3 rings (SSSR count). The Balaban J connectivity index is 1.75. The Bertz CT molecular complexity index is 566. The molecule has 1 N–H and O–H groups in total. The predicted octanol–water partition coefficient (Wildman–Crippen LogP) is 4.32. The number of benzene rings is 2. The van der Waals surface area contributed by atoms with Crippen molar-refractivity contribution in [3.63, 3.8) is 0 Å². The third-order valence-corrected chi connectivity index (χ3v) is 3.74. The summed E-state index contributed by atoms with van der Waals surface area (Å²) in [5.41, 5.74) is 1.02. The highest BCUT2D eigenvalue weighted by molar-refractivity contribution is 5.58. The first-order valence-corrected chi connectivity index (χ1v) is 7.44. The second-order valence-electron chi connectivity index (χ2n) is 5.45. The van der Waals surface area contributed by atoms with Crippen molar-refractivity contribution < 1.29 is 9.47 Å². The molecule has 0 amide bonds. The lowest BCUT2D eigenvalue weighted by molar-refractivity contribution is 0.179. The van der Waals surface area contributed by atoms with Gasteiger partial charge in [-0.2, -0.15) is 0 Å². The fourth-order valence-electron chi connectivity index (χ4n) is 2.46. The number of ether oxygens (including phenoxy) is 2. The zero-order valence-electron chi connectivity index (χ0n) is 12.3. The fourth-order valence-corrected chi connectivity index (χ4v) is 2.46. The molecule has 0 saturated heterocycles. The van der Waals surface area contributed by atoms with Crippen molar-refractivity contribution in [2.45, 2.75) is 18.9 Å². The zero-order chi connectivity index (χ0) is 14.5. The lowest BCUT2D eigenvalue weighted by Crippen LogP contribution is -2.27. The van der Waals surface area contributed by atoms with Gasteiger partial charge in [0.05, 0.1) is 18.3 Å². The highest BCUT2D eigenvalue weighted by Gasteiger charge is 2.31. The molecule has 1 saturated carbocycles. The van der Waals surface area contributed by atoms with Gasteiger partial charge in [0, 0.05) is 7.11 Å². The maximum atomic E-state index is 5.99. The third-order valence-electron chi connectivity index (χ3n) is 3.74. The van der Waals surface area contributed by atoms with E-state index in [4.69, 9.17) is 9.47 Å². The summed E-state index contributed by atoms with van der Waals surface area (Å²) < 4.78 is 11.3. The van der Waals surface area contributed by atoms with Gasteiger partial charge in [0.15, 0.2) is 5.75 Å². The van der Waals surface area contributed by atoms with Crippen molar-refractivity contribution in [3.05, 3.63) is 54.6 Å². The molecular weight excluding hydrogens is 262 g/mol. The van der Waals surface area contributed by atoms with E-state index in [1.54, 1.807) is 7.11 Å². The first-order valence-electron chi connectivity index (χ1n) is 7.44. The molecule has 2 aromatic carbocycles. The van der Waals surface area contributed by atoms with Gasteiger partial charge < -0.3 is 14.8 Å². The van der Waals surface area contributed by atoms with Crippen LogP contribution in [-0.4, -0.2) is 19.8 Å². The summed E-state index contributed by atoms with van der Waals surface area (Å²) in [6.45, 7) is 0.727. The Morgan fingerprint density at radius 3 is 2.48 bits per heavy atom. The number of nitrogens with one attached hydrogen (secondary N) is 1. The van der Waals surface area contributed by atoms with Crippen LogP contribution in [-0.2, 0) is 4.74 Å². The molecule has 0 aromatic heterocycles. The average Bonchev–Trinajstić information content (AvgIpc) is 3.34. The molecule has 0 heterocycles. The second-order valence-corrected chi connectivity index (χ2v) is 5.45. The molecule has 3 nitrogen and oxygen atoms in total. The van der Waals surface area contributed by atoms with E-state index in [1.807, 2.05) is 48.5 Å². The summed E-state index contributed by atoms with van der Waals surface area (Å²) in [6.07, 6.45) is 2.56. The van der Waals surface area contributed by atoms with Crippen LogP contribution in [0.1, 0.15) is 12.8 Å². The van der Waals surface area contributed by atoms with Gasteiger partial charge in [-0.25, -0.2) is 0 Å². The van der Waals surface area contributed by atoms with E-state index in [0.29, 0.717) is 6.04 Å². The summed E-state index contributed by atoms with van der Waals surface area (Å²) in [7, 11) is 1.75. The number of hydrogen-bond donors (Lipinski definition) is 1. The Labute approximate surface area is 125 Å². The van der Waals surface area contributed by atoms with E-state index in [9.17, 15) is 0 Å². The van der Waals surface area contributed by atoms with E-state index in [-0.39, 0.29) is 0 Å². The van der Waals surface area contributed by atoms with Crippen LogP contribution in [0, 0.1) is 5.92 Å². The zero-order valence-corrected chi connectivity index (χ0v) is 12.3. The van der Waals surface area contributed by atoms with Crippen LogP contribution in [0.5, 0.6) is 11.5 Å². The molecular formula is C18H21NO2. The van der Waals surface area contributed by atoms with Crippen molar-refractivity contribution in [2.75, 3.05) is 19.0 Å². The van der Waals surface area contributed by atoms with Crippen LogP contribution in [0.2, 0.25) is 0 Å². The van der Waals surface area contributed by atoms with Crippen molar-refractivity contribution in [2.24, 2.45) is 5.92 Å². The normalized spacial score (nSPS) is 15.5. The van der Waals surface area contributed by atoms with Gasteiger partial charge in [-0.3, -0.25) is 0 Å². The molecule has 1 unspecified atom stereocenters. The van der Waals surface area contributed by atoms with Crippen LogP contribution >= 0.6 is 0 Å². The van der Waals surface area contributed by atoms with E-state index in [2.05, 4.69) is 11.4 Å². The first kappa shape index (κ1) is 14.0. The number of hydrogen-bond acceptors (Lipinski definition) is 3. The second kappa shape index (κ2) is 6.64. The topological polar surface area (TPSA) is 30.5 Å². The lowest BCUT2D eigenvalue weighted by Gasteiger charge is -2.20. The van der Waals surface area contributed by atoms with Gasteiger partial charge in [0.25, 0.3) is 0 Å². The maximum Gasteiger partial charge on any atom is 0.150 e. The molecule has 3 heteroatoms. The third kappa shape index (κ3) is 3.76. The Morgan fingerprint density at radius 2 is 1.76 bits per heavy atom. The van der Waals surface area contributed by atoms with Crippen molar-refractivity contribution in [1.82, 2.24) is 0 Å². The molecule has 1 aliphatic carbocycles. The average molecular weight is 283 g/mol. The number of rotatable bonds is 7. The van der Waals surface area contributed by atoms with Gasteiger partial charge in [-0.05, 0) is 43.0 Å². The van der Waals surface area contributed by atoms with Crippen LogP contribution in [0.3, 0.4) is 0 Å². The summed E-state index contributed by atoms with van der Waals surface area (Å²) in [6, 6.07) is 18.3. The highest BCUT2D eigenvalue weighted by Crippen LogP contribution is 2.36. The van der Waals surface area contributed by atoms with Gasteiger partial charge in [0.2, 0.25) is 0 Å². The molecule has 110 valence electrons. The van der Waals surface area contributed by atoms with E-state index < -0.39 is 0 Å². The Hall–Kier alpha value is -2.00. The Morgan fingerprint density at radius 1 is 1.05 bits per heavy atom. The molecule has 0 spiro atoms. The molecule has 1 atom stereocenters. The summed E-state index contributed by atoms with van der Waals surface area (Å²) >= 11 is 0. The van der Waals surface area contributed by atoms with Crippen LogP contribution in [0.4, 0.5) is 5.69 Å². The molecule has 1 aliphatic rings.